The van der Waals surface area contributed by atoms with Gasteiger partial charge in [-0.3, -0.25) is 0 Å². The molecule has 0 aromatic heterocycles. The summed E-state index contributed by atoms with van der Waals surface area (Å²) in [6.07, 6.45) is 17.9. The highest BCUT2D eigenvalue weighted by molar-refractivity contribution is 7.62. The standard InChI is InChI=1S/C29H39ClNOP/c1-22(2)31(19-17-24-12-15-26(16-13-24)25-9-7-6-8-10-25)20-18-29(33(4,5)32)27-14-11-23(3)28(30)21-27/h6-7,9,11-12,14-15,21,29H,1,8,10,13,16-20H2,2-5H3. The van der Waals surface area contributed by atoms with Crippen LogP contribution in [0.5, 0.6) is 0 Å². The van der Waals surface area contributed by atoms with E-state index in [1.54, 1.807) is 0 Å². The highest BCUT2D eigenvalue weighted by Gasteiger charge is 2.26. The SMILES string of the molecule is C=C(C)N(CCC1=CC=C(C2=CC=CCC2)CC1)CCC(c1ccc(C)c(Cl)c1)P(C)(C)=O. The average Bonchev–Trinajstić information content (AvgIpc) is 2.78. The molecule has 1 unspecified atom stereocenters. The summed E-state index contributed by atoms with van der Waals surface area (Å²) in [7, 11) is -2.33. The lowest BCUT2D eigenvalue weighted by Crippen LogP contribution is -2.25. The Morgan fingerprint density at radius 2 is 1.88 bits per heavy atom. The third-order valence-corrected chi connectivity index (χ3v) is 9.37. The van der Waals surface area contributed by atoms with Crippen molar-refractivity contribution in [3.8, 4) is 0 Å². The summed E-state index contributed by atoms with van der Waals surface area (Å²) in [6, 6.07) is 6.12. The molecule has 2 nitrogen and oxygen atoms in total. The fourth-order valence-electron chi connectivity index (χ4n) is 4.73. The zero-order chi connectivity index (χ0) is 24.0. The Kier molecular flexibility index (Phi) is 9.08. The zero-order valence-corrected chi connectivity index (χ0v) is 22.4. The Balaban J connectivity index is 1.62. The number of hydrogen-bond donors (Lipinski definition) is 0. The van der Waals surface area contributed by atoms with E-state index in [4.69, 9.17) is 11.6 Å². The largest absolute Gasteiger partial charge is 0.375 e. The molecule has 1 aromatic rings. The lowest BCUT2D eigenvalue weighted by molar-refractivity contribution is 0.340. The highest BCUT2D eigenvalue weighted by Crippen LogP contribution is 2.55. The minimum absolute atomic E-state index is 0.00894. The fraction of sp³-hybridized carbons (Fsp3) is 0.448. The number of aryl methyl sites for hydroxylation is 1. The molecular weight excluding hydrogens is 445 g/mol. The first-order chi connectivity index (χ1) is 15.6. The lowest BCUT2D eigenvalue weighted by Gasteiger charge is -2.30. The van der Waals surface area contributed by atoms with Crippen molar-refractivity contribution in [3.05, 3.63) is 93.7 Å². The van der Waals surface area contributed by atoms with E-state index >= 15 is 0 Å². The van der Waals surface area contributed by atoms with Gasteiger partial charge in [-0.2, -0.15) is 0 Å². The van der Waals surface area contributed by atoms with Gasteiger partial charge in [-0.05, 0) is 94.0 Å². The monoisotopic (exact) mass is 483 g/mol. The van der Waals surface area contributed by atoms with E-state index in [1.165, 1.54) is 23.1 Å². The van der Waals surface area contributed by atoms with E-state index in [2.05, 4.69) is 54.8 Å². The van der Waals surface area contributed by atoms with Crippen LogP contribution >= 0.6 is 18.7 Å². The molecule has 0 spiro atoms. The molecule has 1 atom stereocenters. The number of rotatable bonds is 10. The van der Waals surface area contributed by atoms with E-state index in [0.29, 0.717) is 0 Å². The van der Waals surface area contributed by atoms with Crippen LogP contribution in [-0.4, -0.2) is 31.3 Å². The summed E-state index contributed by atoms with van der Waals surface area (Å²) in [5, 5.41) is 0.749. The Labute approximate surface area is 206 Å². The predicted octanol–water partition coefficient (Wildman–Crippen LogP) is 8.85. The topological polar surface area (TPSA) is 20.3 Å². The molecule has 1 aromatic carbocycles. The molecule has 0 heterocycles. The van der Waals surface area contributed by atoms with Crippen LogP contribution in [0.4, 0.5) is 0 Å². The average molecular weight is 484 g/mol. The maximum atomic E-state index is 13.2. The normalized spacial score (nSPS) is 17.2. The second kappa shape index (κ2) is 11.6. The van der Waals surface area contributed by atoms with Crippen molar-refractivity contribution >= 4 is 18.7 Å². The van der Waals surface area contributed by atoms with Gasteiger partial charge in [0.05, 0.1) is 7.14 Å². The number of nitrogens with zero attached hydrogens (tertiary/aromatic N) is 1. The van der Waals surface area contributed by atoms with Gasteiger partial charge in [-0.15, -0.1) is 0 Å². The fourth-order valence-corrected chi connectivity index (χ4v) is 6.53. The van der Waals surface area contributed by atoms with Crippen LogP contribution in [0, 0.1) is 6.92 Å². The maximum absolute atomic E-state index is 13.2. The van der Waals surface area contributed by atoms with Crippen molar-refractivity contribution in [2.75, 3.05) is 26.4 Å². The van der Waals surface area contributed by atoms with Crippen molar-refractivity contribution in [3.63, 3.8) is 0 Å². The van der Waals surface area contributed by atoms with Crippen LogP contribution in [0.2, 0.25) is 5.02 Å². The van der Waals surface area contributed by atoms with Gasteiger partial charge in [0.15, 0.2) is 0 Å². The smallest absolute Gasteiger partial charge is 0.0890 e. The molecule has 0 amide bonds. The summed E-state index contributed by atoms with van der Waals surface area (Å²) in [5.74, 6) is 0. The summed E-state index contributed by atoms with van der Waals surface area (Å²) >= 11 is 6.38. The summed E-state index contributed by atoms with van der Waals surface area (Å²) in [4.78, 5) is 2.35. The van der Waals surface area contributed by atoms with Gasteiger partial charge >= 0.3 is 0 Å². The number of hydrogen-bond acceptors (Lipinski definition) is 2. The van der Waals surface area contributed by atoms with E-state index in [-0.39, 0.29) is 5.66 Å². The molecule has 4 heteroatoms. The van der Waals surface area contributed by atoms with Crippen molar-refractivity contribution in [2.45, 2.75) is 58.0 Å². The number of benzene rings is 1. The molecule has 33 heavy (non-hydrogen) atoms. The Morgan fingerprint density at radius 1 is 1.12 bits per heavy atom. The first-order valence-corrected chi connectivity index (χ1v) is 15.2. The predicted molar refractivity (Wildman–Crippen MR) is 146 cm³/mol. The Morgan fingerprint density at radius 3 is 2.45 bits per heavy atom. The molecule has 0 N–H and O–H groups in total. The molecule has 2 aliphatic rings. The van der Waals surface area contributed by atoms with Crippen LogP contribution < -0.4 is 0 Å². The quantitative estimate of drug-likeness (QED) is 0.310. The maximum Gasteiger partial charge on any atom is 0.0890 e. The van der Waals surface area contributed by atoms with Crippen LogP contribution in [0.15, 0.2) is 77.6 Å². The zero-order valence-electron chi connectivity index (χ0n) is 20.7. The van der Waals surface area contributed by atoms with Gasteiger partial charge in [0.25, 0.3) is 0 Å². The second-order valence-electron chi connectivity index (χ2n) is 9.90. The molecule has 0 saturated heterocycles. The molecule has 2 aliphatic carbocycles. The number of halogens is 1. The van der Waals surface area contributed by atoms with Crippen LogP contribution in [0.3, 0.4) is 0 Å². The third kappa shape index (κ3) is 7.36. The van der Waals surface area contributed by atoms with E-state index in [1.807, 2.05) is 32.4 Å². The molecule has 3 rings (SSSR count). The highest BCUT2D eigenvalue weighted by atomic mass is 35.5. The summed E-state index contributed by atoms with van der Waals surface area (Å²) in [5.41, 5.74) is 7.73. The van der Waals surface area contributed by atoms with Gasteiger partial charge in [0.1, 0.15) is 0 Å². The molecular formula is C29H39ClNOP. The van der Waals surface area contributed by atoms with Gasteiger partial charge in [-0.25, -0.2) is 0 Å². The molecule has 0 bridgehead atoms. The van der Waals surface area contributed by atoms with E-state index in [0.717, 1.165) is 67.0 Å². The molecule has 0 fully saturated rings. The van der Waals surface area contributed by atoms with Crippen LogP contribution in [0.1, 0.15) is 62.2 Å². The Hall–Kier alpha value is -1.76. The van der Waals surface area contributed by atoms with Crippen LogP contribution in [-0.2, 0) is 4.57 Å². The number of allylic oxidation sites excluding steroid dienone is 8. The minimum Gasteiger partial charge on any atom is -0.375 e. The summed E-state index contributed by atoms with van der Waals surface area (Å²) < 4.78 is 13.2. The second-order valence-corrected chi connectivity index (χ2v) is 13.8. The van der Waals surface area contributed by atoms with Gasteiger partial charge in [0, 0.05) is 29.5 Å². The van der Waals surface area contributed by atoms with Crippen molar-refractivity contribution < 1.29 is 4.57 Å². The van der Waals surface area contributed by atoms with Crippen molar-refractivity contribution in [1.82, 2.24) is 4.90 Å². The van der Waals surface area contributed by atoms with E-state index in [9.17, 15) is 4.57 Å². The van der Waals surface area contributed by atoms with E-state index < -0.39 is 7.14 Å². The third-order valence-electron chi connectivity index (χ3n) is 6.91. The molecule has 0 radical (unpaired) electrons. The van der Waals surface area contributed by atoms with Crippen molar-refractivity contribution in [2.24, 2.45) is 0 Å². The lowest BCUT2D eigenvalue weighted by atomic mass is 9.88. The van der Waals surface area contributed by atoms with Gasteiger partial charge in [0.2, 0.25) is 0 Å². The van der Waals surface area contributed by atoms with Gasteiger partial charge < -0.3 is 9.46 Å². The van der Waals surface area contributed by atoms with Crippen LogP contribution in [0.25, 0.3) is 0 Å². The molecule has 0 saturated carbocycles. The molecule has 0 aliphatic heterocycles. The minimum atomic E-state index is -2.33. The van der Waals surface area contributed by atoms with Crippen molar-refractivity contribution in [1.29, 1.82) is 0 Å². The first-order valence-electron chi connectivity index (χ1n) is 12.1. The van der Waals surface area contributed by atoms with Gasteiger partial charge in [-0.1, -0.05) is 66.3 Å². The summed E-state index contributed by atoms with van der Waals surface area (Å²) in [6.45, 7) is 13.9. The Bertz CT molecular complexity index is 1040. The molecule has 178 valence electrons. The first kappa shape index (κ1) is 25.9.